The number of rotatable bonds is 7. The number of halogens is 1. The quantitative estimate of drug-likeness (QED) is 0.408. The Hall–Kier alpha value is -0.0400. The van der Waals surface area contributed by atoms with Crippen molar-refractivity contribution in [3.05, 3.63) is 0 Å². The monoisotopic (exact) mass is 396 g/mol. The van der Waals surface area contributed by atoms with Gasteiger partial charge in [-0.2, -0.15) is 0 Å². The lowest BCUT2D eigenvalue weighted by molar-refractivity contribution is 0.248. The van der Waals surface area contributed by atoms with Crippen LogP contribution in [-0.4, -0.2) is 62.6 Å². The molecule has 0 bridgehead atoms. The summed E-state index contributed by atoms with van der Waals surface area (Å²) < 4.78 is 0. The second-order valence-corrected chi connectivity index (χ2v) is 5.67. The highest BCUT2D eigenvalue weighted by Crippen LogP contribution is 2.21. The van der Waals surface area contributed by atoms with Gasteiger partial charge in [0.2, 0.25) is 0 Å². The summed E-state index contributed by atoms with van der Waals surface area (Å²) in [7, 11) is 6.23. The Morgan fingerprint density at radius 1 is 1.20 bits per heavy atom. The molecule has 20 heavy (non-hydrogen) atoms. The minimum atomic E-state index is 0. The van der Waals surface area contributed by atoms with E-state index in [2.05, 4.69) is 41.1 Å². The summed E-state index contributed by atoms with van der Waals surface area (Å²) in [6, 6.07) is 0.807. The Balaban J connectivity index is 0.00000361. The van der Waals surface area contributed by atoms with E-state index in [9.17, 15) is 0 Å². The summed E-state index contributed by atoms with van der Waals surface area (Å²) in [6.07, 6.45) is 8.02. The Bertz CT molecular complexity index is 265. The molecule has 0 aromatic carbocycles. The van der Waals surface area contributed by atoms with E-state index in [4.69, 9.17) is 0 Å². The summed E-state index contributed by atoms with van der Waals surface area (Å²) in [5, 5.41) is 3.47. The van der Waals surface area contributed by atoms with Crippen LogP contribution in [-0.2, 0) is 0 Å². The fraction of sp³-hybridized carbons (Fsp3) is 0.933. The molecule has 0 atom stereocenters. The number of aliphatic imine (C=N–C) groups is 1. The Morgan fingerprint density at radius 2 is 1.85 bits per heavy atom. The summed E-state index contributed by atoms with van der Waals surface area (Å²) in [6.45, 7) is 5.39. The highest BCUT2D eigenvalue weighted by Gasteiger charge is 2.18. The molecule has 120 valence electrons. The van der Waals surface area contributed by atoms with E-state index in [1.54, 1.807) is 0 Å². The molecule has 1 N–H and O–H groups in total. The maximum Gasteiger partial charge on any atom is 0.193 e. The van der Waals surface area contributed by atoms with Crippen molar-refractivity contribution in [2.75, 3.05) is 40.8 Å². The van der Waals surface area contributed by atoms with Gasteiger partial charge in [0.25, 0.3) is 0 Å². The van der Waals surface area contributed by atoms with Crippen molar-refractivity contribution in [1.82, 2.24) is 15.1 Å². The smallest absolute Gasteiger partial charge is 0.193 e. The molecule has 0 aromatic heterocycles. The van der Waals surface area contributed by atoms with Crippen molar-refractivity contribution in [1.29, 1.82) is 0 Å². The van der Waals surface area contributed by atoms with Gasteiger partial charge in [-0.05, 0) is 26.3 Å². The van der Waals surface area contributed by atoms with E-state index in [1.165, 1.54) is 38.5 Å². The molecule has 1 aliphatic carbocycles. The van der Waals surface area contributed by atoms with Crippen LogP contribution in [0, 0.1) is 0 Å². The predicted molar refractivity (Wildman–Crippen MR) is 99.2 cm³/mol. The van der Waals surface area contributed by atoms with Crippen LogP contribution in [0.3, 0.4) is 0 Å². The second kappa shape index (κ2) is 11.6. The van der Waals surface area contributed by atoms with Crippen molar-refractivity contribution in [3.63, 3.8) is 0 Å². The van der Waals surface area contributed by atoms with E-state index in [0.29, 0.717) is 0 Å². The number of unbranched alkanes of at least 4 members (excludes halogenated alkanes) is 1. The van der Waals surface area contributed by atoms with Crippen molar-refractivity contribution >= 4 is 29.9 Å². The summed E-state index contributed by atoms with van der Waals surface area (Å²) in [4.78, 5) is 9.07. The van der Waals surface area contributed by atoms with Crippen LogP contribution in [0.2, 0.25) is 0 Å². The minimum Gasteiger partial charge on any atom is -0.355 e. The van der Waals surface area contributed by atoms with Crippen molar-refractivity contribution in [2.45, 2.75) is 51.5 Å². The third-order valence-corrected chi connectivity index (χ3v) is 4.12. The van der Waals surface area contributed by atoms with Gasteiger partial charge < -0.3 is 15.1 Å². The highest BCUT2D eigenvalue weighted by molar-refractivity contribution is 14.0. The number of nitrogens with zero attached hydrogens (tertiary/aromatic N) is 3. The van der Waals surface area contributed by atoms with Gasteiger partial charge in [0.1, 0.15) is 0 Å². The molecule has 1 saturated carbocycles. The van der Waals surface area contributed by atoms with Crippen LogP contribution >= 0.6 is 24.0 Å². The number of hydrogen-bond donors (Lipinski definition) is 1. The molecule has 0 aromatic rings. The zero-order valence-electron chi connectivity index (χ0n) is 13.7. The first-order chi connectivity index (χ1) is 9.19. The first-order valence-corrected chi connectivity index (χ1v) is 7.81. The zero-order valence-corrected chi connectivity index (χ0v) is 16.0. The van der Waals surface area contributed by atoms with Gasteiger partial charge in [0.05, 0.1) is 0 Å². The first kappa shape index (κ1) is 20.0. The molecule has 0 aliphatic heterocycles. The second-order valence-electron chi connectivity index (χ2n) is 5.67. The third kappa shape index (κ3) is 7.11. The average molecular weight is 396 g/mol. The molecule has 1 fully saturated rings. The van der Waals surface area contributed by atoms with Crippen molar-refractivity contribution < 1.29 is 0 Å². The predicted octanol–water partition coefficient (Wildman–Crippen LogP) is 2.79. The molecule has 0 spiro atoms. The number of guanidine groups is 1. The van der Waals surface area contributed by atoms with Crippen molar-refractivity contribution in [3.8, 4) is 0 Å². The van der Waals surface area contributed by atoms with Gasteiger partial charge in [-0.1, -0.05) is 26.2 Å². The van der Waals surface area contributed by atoms with Crippen LogP contribution < -0.4 is 5.32 Å². The summed E-state index contributed by atoms with van der Waals surface area (Å²) >= 11 is 0. The van der Waals surface area contributed by atoms with Crippen LogP contribution in [0.25, 0.3) is 0 Å². The lowest BCUT2D eigenvalue weighted by Gasteiger charge is -2.26. The molecule has 0 radical (unpaired) electrons. The minimum absolute atomic E-state index is 0. The Morgan fingerprint density at radius 3 is 2.40 bits per heavy atom. The Kier molecular flexibility index (Phi) is 11.6. The fourth-order valence-electron chi connectivity index (χ4n) is 2.76. The summed E-state index contributed by atoms with van der Waals surface area (Å²) in [5.74, 6) is 1.02. The van der Waals surface area contributed by atoms with Gasteiger partial charge >= 0.3 is 0 Å². The molecular formula is C15H33IN4. The maximum absolute atomic E-state index is 4.35. The molecule has 0 heterocycles. The van der Waals surface area contributed by atoms with E-state index >= 15 is 0 Å². The van der Waals surface area contributed by atoms with Crippen LogP contribution in [0.5, 0.6) is 0 Å². The van der Waals surface area contributed by atoms with Gasteiger partial charge in [-0.15, -0.1) is 24.0 Å². The van der Waals surface area contributed by atoms with Gasteiger partial charge in [0, 0.05) is 39.8 Å². The van der Waals surface area contributed by atoms with E-state index in [-0.39, 0.29) is 24.0 Å². The molecule has 5 heteroatoms. The molecular weight excluding hydrogens is 363 g/mol. The number of likely N-dealkylation sites (N-methyl/N-ethyl adjacent to an activating group) is 1. The van der Waals surface area contributed by atoms with Gasteiger partial charge in [-0.3, -0.25) is 4.99 Å². The first-order valence-electron chi connectivity index (χ1n) is 7.81. The van der Waals surface area contributed by atoms with Crippen LogP contribution in [0.4, 0.5) is 0 Å². The van der Waals surface area contributed by atoms with Crippen LogP contribution in [0.15, 0.2) is 4.99 Å². The number of hydrogen-bond acceptors (Lipinski definition) is 2. The maximum atomic E-state index is 4.35. The topological polar surface area (TPSA) is 30.9 Å². The number of nitrogens with one attached hydrogen (secondary N) is 1. The molecule has 0 saturated heterocycles. The molecule has 0 unspecified atom stereocenters. The fourth-order valence-corrected chi connectivity index (χ4v) is 2.76. The molecule has 4 nitrogen and oxygen atoms in total. The SMILES string of the molecule is CCCCN(C)C(=NC)NCCN(C)C1CCCC1.I. The zero-order chi connectivity index (χ0) is 14.1. The lowest BCUT2D eigenvalue weighted by Crippen LogP contribution is -2.43. The average Bonchev–Trinajstić information content (AvgIpc) is 2.94. The van der Waals surface area contributed by atoms with E-state index in [0.717, 1.165) is 31.6 Å². The summed E-state index contributed by atoms with van der Waals surface area (Å²) in [5.41, 5.74) is 0. The Labute approximate surface area is 142 Å². The normalized spacial score (nSPS) is 16.4. The lowest BCUT2D eigenvalue weighted by atomic mass is 10.2. The van der Waals surface area contributed by atoms with Gasteiger partial charge in [-0.25, -0.2) is 0 Å². The van der Waals surface area contributed by atoms with E-state index in [1.807, 2.05) is 7.05 Å². The van der Waals surface area contributed by atoms with Crippen molar-refractivity contribution in [2.24, 2.45) is 4.99 Å². The highest BCUT2D eigenvalue weighted by atomic mass is 127. The standard InChI is InChI=1S/C15H32N4.HI/c1-5-6-12-19(4)15(16-2)17-11-13-18(3)14-9-7-8-10-14;/h14H,5-13H2,1-4H3,(H,16,17);1H. The van der Waals surface area contributed by atoms with Crippen LogP contribution in [0.1, 0.15) is 45.4 Å². The van der Waals surface area contributed by atoms with Gasteiger partial charge in [0.15, 0.2) is 5.96 Å². The van der Waals surface area contributed by atoms with E-state index < -0.39 is 0 Å². The molecule has 1 rings (SSSR count). The third-order valence-electron chi connectivity index (χ3n) is 4.12. The largest absolute Gasteiger partial charge is 0.355 e. The molecule has 1 aliphatic rings. The molecule has 0 amide bonds.